The molecular weight excluding hydrogens is 194 g/mol. The van der Waals surface area contributed by atoms with Crippen molar-refractivity contribution in [3.05, 3.63) is 12.3 Å². The van der Waals surface area contributed by atoms with Crippen molar-refractivity contribution in [1.82, 2.24) is 4.90 Å². The molecule has 84 valence electrons. The summed E-state index contributed by atoms with van der Waals surface area (Å²) in [4.78, 5) is 23.9. The fourth-order valence-corrected chi connectivity index (χ4v) is 1.95. The minimum absolute atomic E-state index is 0.0619. The number of carbonyl (C=O) groups is 2. The molecule has 1 saturated heterocycles. The smallest absolute Gasteiger partial charge is 0.336 e. The number of hydrogen-bond donors (Lipinski definition) is 0. The highest BCUT2D eigenvalue weighted by molar-refractivity contribution is 5.92. The van der Waals surface area contributed by atoms with Gasteiger partial charge in [-0.05, 0) is 11.8 Å². The van der Waals surface area contributed by atoms with Crippen LogP contribution in [0.4, 0.5) is 0 Å². The molecule has 1 aliphatic heterocycles. The van der Waals surface area contributed by atoms with Crippen LogP contribution < -0.4 is 0 Å². The van der Waals surface area contributed by atoms with Crippen LogP contribution in [0.15, 0.2) is 12.3 Å². The van der Waals surface area contributed by atoms with E-state index in [0.29, 0.717) is 12.8 Å². The lowest BCUT2D eigenvalue weighted by Gasteiger charge is -2.25. The molecule has 0 aromatic carbocycles. The molecular formula is C11H17NO3. The van der Waals surface area contributed by atoms with Gasteiger partial charge in [0.25, 0.3) is 0 Å². The number of carbonyl (C=O) groups excluding carboxylic acids is 2. The van der Waals surface area contributed by atoms with Crippen LogP contribution in [0.5, 0.6) is 0 Å². The molecule has 0 radical (unpaired) electrons. The third kappa shape index (κ3) is 2.37. The number of aldehydes is 1. The van der Waals surface area contributed by atoms with Crippen molar-refractivity contribution in [2.75, 3.05) is 13.7 Å². The first-order chi connectivity index (χ1) is 6.91. The zero-order valence-corrected chi connectivity index (χ0v) is 9.45. The summed E-state index contributed by atoms with van der Waals surface area (Å²) in [6, 6.07) is -0.843. The largest absolute Gasteiger partial charge is 0.467 e. The third-order valence-corrected chi connectivity index (χ3v) is 2.59. The normalized spacial score (nSPS) is 21.3. The average molecular weight is 211 g/mol. The maximum Gasteiger partial charge on any atom is 0.336 e. The topological polar surface area (TPSA) is 46.6 Å². The van der Waals surface area contributed by atoms with Crippen LogP contribution in [-0.2, 0) is 14.3 Å². The van der Waals surface area contributed by atoms with Gasteiger partial charge in [0.1, 0.15) is 0 Å². The molecule has 0 saturated carbocycles. The van der Waals surface area contributed by atoms with Gasteiger partial charge in [-0.1, -0.05) is 20.4 Å². The molecule has 0 aromatic rings. The minimum Gasteiger partial charge on any atom is -0.467 e. The second-order valence-corrected chi connectivity index (χ2v) is 4.64. The molecule has 0 aliphatic carbocycles. The average Bonchev–Trinajstić information content (AvgIpc) is 2.41. The van der Waals surface area contributed by atoms with Gasteiger partial charge in [0.2, 0.25) is 0 Å². The molecule has 1 unspecified atom stereocenters. The molecule has 1 aliphatic rings. The second kappa shape index (κ2) is 4.04. The highest BCUT2D eigenvalue weighted by atomic mass is 16.5. The maximum atomic E-state index is 11.4. The maximum absolute atomic E-state index is 11.4. The van der Waals surface area contributed by atoms with Crippen LogP contribution in [0.1, 0.15) is 20.3 Å². The van der Waals surface area contributed by atoms with Gasteiger partial charge < -0.3 is 14.4 Å². The van der Waals surface area contributed by atoms with Crippen LogP contribution in [0.2, 0.25) is 0 Å². The fraction of sp³-hybridized carbons (Fsp3) is 0.636. The summed E-state index contributed by atoms with van der Waals surface area (Å²) in [5, 5.41) is 0. The van der Waals surface area contributed by atoms with E-state index in [0.717, 1.165) is 12.1 Å². The summed E-state index contributed by atoms with van der Waals surface area (Å²) in [5.41, 5.74) is 0.884. The third-order valence-electron chi connectivity index (χ3n) is 2.59. The van der Waals surface area contributed by atoms with Crippen LogP contribution in [0, 0.1) is 5.41 Å². The number of nitrogens with zero attached hydrogens (tertiary/aromatic N) is 1. The Balaban J connectivity index is 2.83. The van der Waals surface area contributed by atoms with Gasteiger partial charge in [0.15, 0.2) is 12.3 Å². The van der Waals surface area contributed by atoms with Gasteiger partial charge in [-0.25, -0.2) is 4.79 Å². The van der Waals surface area contributed by atoms with Crippen LogP contribution in [0.3, 0.4) is 0 Å². The quantitative estimate of drug-likeness (QED) is 0.396. The fourth-order valence-electron chi connectivity index (χ4n) is 1.95. The van der Waals surface area contributed by atoms with E-state index in [9.17, 15) is 9.59 Å². The summed E-state index contributed by atoms with van der Waals surface area (Å²) < 4.78 is 4.58. The lowest BCUT2D eigenvalue weighted by atomic mass is 9.92. The molecule has 15 heavy (non-hydrogen) atoms. The molecule has 0 N–H and O–H groups in total. The first-order valence-corrected chi connectivity index (χ1v) is 4.89. The Morgan fingerprint density at radius 3 is 2.60 bits per heavy atom. The van der Waals surface area contributed by atoms with Crippen molar-refractivity contribution in [1.29, 1.82) is 0 Å². The highest BCUT2D eigenvalue weighted by Gasteiger charge is 2.38. The Kier molecular flexibility index (Phi) is 3.17. The van der Waals surface area contributed by atoms with Crippen LogP contribution in [0.25, 0.3) is 0 Å². The van der Waals surface area contributed by atoms with Crippen molar-refractivity contribution in [2.45, 2.75) is 26.3 Å². The van der Waals surface area contributed by atoms with E-state index in [2.05, 4.69) is 25.2 Å². The molecule has 0 amide bonds. The van der Waals surface area contributed by atoms with Crippen molar-refractivity contribution in [3.8, 4) is 0 Å². The van der Waals surface area contributed by atoms with E-state index >= 15 is 0 Å². The Morgan fingerprint density at radius 1 is 1.67 bits per heavy atom. The van der Waals surface area contributed by atoms with Crippen molar-refractivity contribution in [3.63, 3.8) is 0 Å². The molecule has 1 atom stereocenters. The van der Waals surface area contributed by atoms with Crippen LogP contribution >= 0.6 is 0 Å². The van der Waals surface area contributed by atoms with Gasteiger partial charge in [-0.15, -0.1) is 0 Å². The van der Waals surface area contributed by atoms with E-state index in [1.54, 1.807) is 4.90 Å². The summed E-state index contributed by atoms with van der Waals surface area (Å²) in [6.45, 7) is 8.69. The molecule has 0 bridgehead atoms. The molecule has 1 rings (SSSR count). The SMILES string of the molecule is C=C1CC(C)(C)CN1C(C=O)C(=O)OC. The minimum atomic E-state index is -0.843. The van der Waals surface area contributed by atoms with E-state index in [-0.39, 0.29) is 5.41 Å². The van der Waals surface area contributed by atoms with Gasteiger partial charge in [-0.2, -0.15) is 0 Å². The summed E-state index contributed by atoms with van der Waals surface area (Å²) in [7, 11) is 1.28. The standard InChI is InChI=1S/C11H17NO3/c1-8-5-11(2,3)7-12(8)9(6-13)10(14)15-4/h6,9H,1,5,7H2,2-4H3. The number of rotatable bonds is 3. The van der Waals surface area contributed by atoms with Crippen molar-refractivity contribution < 1.29 is 14.3 Å². The number of ether oxygens (including phenoxy) is 1. The number of likely N-dealkylation sites (tertiary alicyclic amines) is 1. The molecule has 1 fully saturated rings. The number of allylic oxidation sites excluding steroid dienone is 1. The van der Waals surface area contributed by atoms with Crippen LogP contribution in [-0.4, -0.2) is 36.9 Å². The van der Waals surface area contributed by atoms with Gasteiger partial charge in [0.05, 0.1) is 7.11 Å². The molecule has 1 heterocycles. The second-order valence-electron chi connectivity index (χ2n) is 4.64. The number of esters is 1. The molecule has 0 spiro atoms. The molecule has 0 aromatic heterocycles. The van der Waals surface area contributed by atoms with E-state index in [4.69, 9.17) is 0 Å². The van der Waals surface area contributed by atoms with Crippen molar-refractivity contribution in [2.24, 2.45) is 5.41 Å². The summed E-state index contributed by atoms with van der Waals surface area (Å²) in [6.07, 6.45) is 1.41. The lowest BCUT2D eigenvalue weighted by molar-refractivity contribution is -0.147. The van der Waals surface area contributed by atoms with E-state index < -0.39 is 12.0 Å². The Hall–Kier alpha value is -1.32. The predicted molar refractivity (Wildman–Crippen MR) is 56.1 cm³/mol. The summed E-state index contributed by atoms with van der Waals surface area (Å²) in [5.74, 6) is -0.524. The summed E-state index contributed by atoms with van der Waals surface area (Å²) >= 11 is 0. The first-order valence-electron chi connectivity index (χ1n) is 4.89. The Labute approximate surface area is 89.9 Å². The van der Waals surface area contributed by atoms with Gasteiger partial charge in [-0.3, -0.25) is 0 Å². The Bertz CT molecular complexity index is 296. The number of methoxy groups -OCH3 is 1. The molecule has 4 heteroatoms. The molecule has 4 nitrogen and oxygen atoms in total. The van der Waals surface area contributed by atoms with E-state index in [1.807, 2.05) is 0 Å². The first kappa shape index (κ1) is 11.8. The zero-order chi connectivity index (χ0) is 11.6. The lowest BCUT2D eigenvalue weighted by Crippen LogP contribution is -2.41. The Morgan fingerprint density at radius 2 is 2.27 bits per heavy atom. The predicted octanol–water partition coefficient (Wildman–Crippen LogP) is 0.972. The monoisotopic (exact) mass is 211 g/mol. The zero-order valence-electron chi connectivity index (χ0n) is 9.45. The van der Waals surface area contributed by atoms with E-state index in [1.165, 1.54) is 7.11 Å². The number of hydrogen-bond acceptors (Lipinski definition) is 4. The van der Waals surface area contributed by atoms with Crippen molar-refractivity contribution >= 4 is 12.3 Å². The van der Waals surface area contributed by atoms with Gasteiger partial charge >= 0.3 is 5.97 Å². The van der Waals surface area contributed by atoms with Gasteiger partial charge in [0, 0.05) is 12.2 Å². The highest BCUT2D eigenvalue weighted by Crippen LogP contribution is 2.36.